The molecule has 0 N–H and O–H groups in total. The van der Waals surface area contributed by atoms with Crippen molar-refractivity contribution >= 4 is 17.5 Å². The lowest BCUT2D eigenvalue weighted by Gasteiger charge is -2.27. The molecule has 0 radical (unpaired) electrons. The summed E-state index contributed by atoms with van der Waals surface area (Å²) in [6, 6.07) is 3.81. The largest absolute Gasteiger partial charge is 0.376 e. The molecule has 5 heteroatoms. The molecule has 1 saturated heterocycles. The molecule has 0 spiro atoms. The van der Waals surface area contributed by atoms with Crippen LogP contribution in [0.5, 0.6) is 0 Å². The third-order valence-corrected chi connectivity index (χ3v) is 3.57. The van der Waals surface area contributed by atoms with Crippen LogP contribution in [0.15, 0.2) is 18.2 Å². The third-order valence-electron chi connectivity index (χ3n) is 3.26. The van der Waals surface area contributed by atoms with E-state index in [0.29, 0.717) is 12.1 Å². The molecule has 1 atom stereocenters. The minimum atomic E-state index is -0.445. The van der Waals surface area contributed by atoms with Crippen LogP contribution in [0.2, 0.25) is 5.02 Å². The number of likely N-dealkylation sites (N-methyl/N-ethyl adjacent to an activating group) is 1. The average molecular weight is 286 g/mol. The second kappa shape index (κ2) is 6.35. The summed E-state index contributed by atoms with van der Waals surface area (Å²) in [4.78, 5) is 13.8. The maximum atomic E-state index is 13.0. The molecule has 0 aliphatic carbocycles. The predicted octanol–water partition coefficient (Wildman–Crippen LogP) is 3.12. The fourth-order valence-corrected chi connectivity index (χ4v) is 2.46. The molecule has 0 bridgehead atoms. The van der Waals surface area contributed by atoms with Crippen molar-refractivity contribution in [1.29, 1.82) is 0 Å². The molecule has 19 heavy (non-hydrogen) atoms. The summed E-state index contributed by atoms with van der Waals surface area (Å²) in [5.74, 6) is -0.654. The Kier molecular flexibility index (Phi) is 4.77. The number of benzene rings is 1. The monoisotopic (exact) mass is 285 g/mol. The lowest BCUT2D eigenvalue weighted by molar-refractivity contribution is -0.000186. The van der Waals surface area contributed by atoms with Crippen LogP contribution in [0.3, 0.4) is 0 Å². The standard InChI is InChI=1S/C14H17ClFNO2/c1-17(9-11-4-2-3-7-19-11)14(18)12-6-5-10(16)8-13(12)15/h5-6,8,11H,2-4,7,9H2,1H3. The van der Waals surface area contributed by atoms with Crippen molar-refractivity contribution in [2.75, 3.05) is 20.2 Å². The van der Waals surface area contributed by atoms with Gasteiger partial charge in [0.2, 0.25) is 0 Å². The zero-order valence-electron chi connectivity index (χ0n) is 10.9. The zero-order valence-corrected chi connectivity index (χ0v) is 11.6. The minimum Gasteiger partial charge on any atom is -0.376 e. The molecule has 1 aliphatic heterocycles. The summed E-state index contributed by atoms with van der Waals surface area (Å²) in [6.45, 7) is 1.29. The van der Waals surface area contributed by atoms with E-state index in [0.717, 1.165) is 31.9 Å². The van der Waals surface area contributed by atoms with Crippen LogP contribution in [0, 0.1) is 5.82 Å². The minimum absolute atomic E-state index is 0.0851. The van der Waals surface area contributed by atoms with Crippen LogP contribution in [0.25, 0.3) is 0 Å². The first-order valence-electron chi connectivity index (χ1n) is 6.40. The molecular weight excluding hydrogens is 269 g/mol. The number of amides is 1. The van der Waals surface area contributed by atoms with Gasteiger partial charge in [-0.05, 0) is 37.5 Å². The molecule has 1 amide bonds. The number of carbonyl (C=O) groups excluding carboxylic acids is 1. The molecule has 0 saturated carbocycles. The van der Waals surface area contributed by atoms with Crippen LogP contribution in [-0.4, -0.2) is 37.1 Å². The first-order chi connectivity index (χ1) is 9.08. The first kappa shape index (κ1) is 14.3. The highest BCUT2D eigenvalue weighted by Crippen LogP contribution is 2.20. The van der Waals surface area contributed by atoms with Crippen LogP contribution in [0.1, 0.15) is 29.6 Å². The third kappa shape index (κ3) is 3.67. The number of carbonyl (C=O) groups is 1. The second-order valence-electron chi connectivity index (χ2n) is 4.80. The summed E-state index contributed by atoms with van der Waals surface area (Å²) in [6.07, 6.45) is 3.26. The fraction of sp³-hybridized carbons (Fsp3) is 0.500. The smallest absolute Gasteiger partial charge is 0.255 e. The average Bonchev–Trinajstić information content (AvgIpc) is 2.39. The Morgan fingerprint density at radius 1 is 1.53 bits per heavy atom. The number of halogens is 2. The Morgan fingerprint density at radius 2 is 2.32 bits per heavy atom. The molecule has 1 heterocycles. The summed E-state index contributed by atoms with van der Waals surface area (Å²) < 4.78 is 18.6. The van der Waals surface area contributed by atoms with E-state index in [-0.39, 0.29) is 17.0 Å². The number of ether oxygens (including phenoxy) is 1. The van der Waals surface area contributed by atoms with E-state index in [1.54, 1.807) is 11.9 Å². The predicted molar refractivity (Wildman–Crippen MR) is 72.0 cm³/mol. The van der Waals surface area contributed by atoms with Gasteiger partial charge in [0, 0.05) is 20.2 Å². The Labute approximate surface area is 117 Å². The van der Waals surface area contributed by atoms with E-state index in [2.05, 4.69) is 0 Å². The molecule has 1 aromatic rings. The molecule has 1 fully saturated rings. The lowest BCUT2D eigenvalue weighted by atomic mass is 10.1. The van der Waals surface area contributed by atoms with Crippen molar-refractivity contribution in [2.45, 2.75) is 25.4 Å². The lowest BCUT2D eigenvalue weighted by Crippen LogP contribution is -2.37. The molecule has 1 aromatic carbocycles. The van der Waals surface area contributed by atoms with Crippen molar-refractivity contribution in [3.8, 4) is 0 Å². The van der Waals surface area contributed by atoms with Gasteiger partial charge in [-0.2, -0.15) is 0 Å². The van der Waals surface area contributed by atoms with Crippen molar-refractivity contribution in [3.63, 3.8) is 0 Å². The Hall–Kier alpha value is -1.13. The van der Waals surface area contributed by atoms with E-state index in [1.807, 2.05) is 0 Å². The molecule has 2 rings (SSSR count). The molecule has 0 aromatic heterocycles. The topological polar surface area (TPSA) is 29.5 Å². The molecule has 1 aliphatic rings. The second-order valence-corrected chi connectivity index (χ2v) is 5.21. The highest BCUT2D eigenvalue weighted by atomic mass is 35.5. The Balaban J connectivity index is 2.01. The van der Waals surface area contributed by atoms with Gasteiger partial charge in [0.05, 0.1) is 16.7 Å². The first-order valence-corrected chi connectivity index (χ1v) is 6.78. The van der Waals surface area contributed by atoms with Crippen molar-refractivity contribution in [1.82, 2.24) is 4.90 Å². The highest BCUT2D eigenvalue weighted by molar-refractivity contribution is 6.33. The van der Waals surface area contributed by atoms with Gasteiger partial charge < -0.3 is 9.64 Å². The van der Waals surface area contributed by atoms with E-state index >= 15 is 0 Å². The van der Waals surface area contributed by atoms with Gasteiger partial charge in [-0.1, -0.05) is 11.6 Å². The van der Waals surface area contributed by atoms with Crippen LogP contribution < -0.4 is 0 Å². The van der Waals surface area contributed by atoms with Gasteiger partial charge in [-0.15, -0.1) is 0 Å². The van der Waals surface area contributed by atoms with Crippen LogP contribution in [-0.2, 0) is 4.74 Å². The summed E-state index contributed by atoms with van der Waals surface area (Å²) in [7, 11) is 1.71. The number of nitrogens with zero attached hydrogens (tertiary/aromatic N) is 1. The maximum absolute atomic E-state index is 13.0. The van der Waals surface area contributed by atoms with Gasteiger partial charge in [0.15, 0.2) is 0 Å². The summed E-state index contributed by atoms with van der Waals surface area (Å²) in [5, 5.41) is 0.140. The number of rotatable bonds is 3. The van der Waals surface area contributed by atoms with Gasteiger partial charge in [-0.25, -0.2) is 4.39 Å². The summed E-state index contributed by atoms with van der Waals surface area (Å²) >= 11 is 5.89. The van der Waals surface area contributed by atoms with Crippen LogP contribution in [0.4, 0.5) is 4.39 Å². The Bertz CT molecular complexity index is 461. The molecular formula is C14H17ClFNO2. The maximum Gasteiger partial charge on any atom is 0.255 e. The number of hydrogen-bond donors (Lipinski definition) is 0. The molecule has 3 nitrogen and oxygen atoms in total. The molecule has 1 unspecified atom stereocenters. The normalized spacial score (nSPS) is 19.2. The van der Waals surface area contributed by atoms with Crippen LogP contribution >= 0.6 is 11.6 Å². The quantitative estimate of drug-likeness (QED) is 0.854. The van der Waals surface area contributed by atoms with Gasteiger partial charge in [0.25, 0.3) is 5.91 Å². The zero-order chi connectivity index (χ0) is 13.8. The highest BCUT2D eigenvalue weighted by Gasteiger charge is 2.21. The number of hydrogen-bond acceptors (Lipinski definition) is 2. The fourth-order valence-electron chi connectivity index (χ4n) is 2.21. The van der Waals surface area contributed by atoms with Gasteiger partial charge in [0.1, 0.15) is 5.82 Å². The van der Waals surface area contributed by atoms with Crippen molar-refractivity contribution < 1.29 is 13.9 Å². The van der Waals surface area contributed by atoms with Crippen molar-refractivity contribution in [3.05, 3.63) is 34.6 Å². The summed E-state index contributed by atoms with van der Waals surface area (Å²) in [5.41, 5.74) is 0.321. The van der Waals surface area contributed by atoms with E-state index in [9.17, 15) is 9.18 Å². The van der Waals surface area contributed by atoms with E-state index in [4.69, 9.17) is 16.3 Å². The SMILES string of the molecule is CN(CC1CCCCO1)C(=O)c1ccc(F)cc1Cl. The van der Waals surface area contributed by atoms with Crippen molar-refractivity contribution in [2.24, 2.45) is 0 Å². The van der Waals surface area contributed by atoms with Gasteiger partial charge >= 0.3 is 0 Å². The van der Waals surface area contributed by atoms with E-state index in [1.165, 1.54) is 12.1 Å². The molecule has 104 valence electrons. The van der Waals surface area contributed by atoms with E-state index < -0.39 is 5.82 Å². The Morgan fingerprint density at radius 3 is 2.95 bits per heavy atom. The van der Waals surface area contributed by atoms with Gasteiger partial charge in [-0.3, -0.25) is 4.79 Å².